The first-order chi connectivity index (χ1) is 27.3. The first-order valence-corrected chi connectivity index (χ1v) is 19.6. The zero-order valence-electron chi connectivity index (χ0n) is 29.9. The second kappa shape index (κ2) is 12.9. The molecular formula is C53H33NS. The van der Waals surface area contributed by atoms with Gasteiger partial charge in [0.1, 0.15) is 0 Å². The topological polar surface area (TPSA) is 12.9 Å². The SMILES string of the molecule is c1ccc(-c2ccc(-c3c4ccccc4c(-c4ccc(-c5ccc(-c6ccc7sc8ccc9ccccc9c8c7c6)cc5)cn4)c4ccccc34)cc2)cc1. The van der Waals surface area contributed by atoms with Crippen LogP contribution in [-0.2, 0) is 0 Å². The van der Waals surface area contributed by atoms with Gasteiger partial charge in [-0.15, -0.1) is 11.3 Å². The van der Waals surface area contributed by atoms with Crippen molar-refractivity contribution in [2.24, 2.45) is 0 Å². The average Bonchev–Trinajstić information content (AvgIpc) is 3.65. The van der Waals surface area contributed by atoms with Gasteiger partial charge in [-0.05, 0) is 95.5 Å². The van der Waals surface area contributed by atoms with E-state index in [9.17, 15) is 0 Å². The van der Waals surface area contributed by atoms with E-state index in [4.69, 9.17) is 4.98 Å². The molecule has 11 aromatic rings. The van der Waals surface area contributed by atoms with E-state index in [0.717, 1.165) is 16.8 Å². The molecule has 0 saturated heterocycles. The number of nitrogens with zero attached hydrogens (tertiary/aromatic N) is 1. The van der Waals surface area contributed by atoms with Crippen LogP contribution in [0.25, 0.3) is 108 Å². The predicted octanol–water partition coefficient (Wildman–Crippen LogP) is 15.2. The summed E-state index contributed by atoms with van der Waals surface area (Å²) in [5, 5.41) is 10.2. The van der Waals surface area contributed by atoms with E-state index < -0.39 is 0 Å². The highest BCUT2D eigenvalue weighted by molar-refractivity contribution is 7.26. The molecule has 55 heavy (non-hydrogen) atoms. The van der Waals surface area contributed by atoms with Gasteiger partial charge in [-0.1, -0.05) is 170 Å². The molecule has 256 valence electrons. The van der Waals surface area contributed by atoms with Crippen LogP contribution in [0.3, 0.4) is 0 Å². The van der Waals surface area contributed by atoms with E-state index in [-0.39, 0.29) is 0 Å². The van der Waals surface area contributed by atoms with Crippen LogP contribution in [-0.4, -0.2) is 4.98 Å². The molecule has 2 heteroatoms. The molecule has 0 bridgehead atoms. The van der Waals surface area contributed by atoms with Gasteiger partial charge in [0.25, 0.3) is 0 Å². The third kappa shape index (κ3) is 5.34. The summed E-state index contributed by atoms with van der Waals surface area (Å²) in [5.41, 5.74) is 11.7. The molecule has 0 saturated carbocycles. The third-order valence-electron chi connectivity index (χ3n) is 11.1. The number of hydrogen-bond donors (Lipinski definition) is 0. The van der Waals surface area contributed by atoms with Crippen LogP contribution in [0.15, 0.2) is 200 Å². The van der Waals surface area contributed by atoms with Gasteiger partial charge in [0.2, 0.25) is 0 Å². The predicted molar refractivity (Wildman–Crippen MR) is 237 cm³/mol. The molecule has 0 unspecified atom stereocenters. The maximum absolute atomic E-state index is 5.14. The van der Waals surface area contributed by atoms with Crippen LogP contribution >= 0.6 is 11.3 Å². The highest BCUT2D eigenvalue weighted by atomic mass is 32.1. The van der Waals surface area contributed by atoms with Gasteiger partial charge < -0.3 is 0 Å². The summed E-state index contributed by atoms with van der Waals surface area (Å²) < 4.78 is 2.66. The lowest BCUT2D eigenvalue weighted by molar-refractivity contribution is 1.34. The Labute approximate surface area is 323 Å². The van der Waals surface area contributed by atoms with E-state index in [1.807, 2.05) is 17.5 Å². The Morgan fingerprint density at radius 3 is 1.45 bits per heavy atom. The molecular weight excluding hydrogens is 683 g/mol. The molecule has 9 aromatic carbocycles. The number of fused-ring (bicyclic) bond motifs is 7. The van der Waals surface area contributed by atoms with Crippen molar-refractivity contribution in [2.75, 3.05) is 0 Å². The lowest BCUT2D eigenvalue weighted by atomic mass is 9.87. The van der Waals surface area contributed by atoms with Crippen molar-refractivity contribution in [3.63, 3.8) is 0 Å². The van der Waals surface area contributed by atoms with Crippen molar-refractivity contribution in [1.29, 1.82) is 0 Å². The summed E-state index contributed by atoms with van der Waals surface area (Å²) in [6.07, 6.45) is 2.03. The van der Waals surface area contributed by atoms with Crippen molar-refractivity contribution in [2.45, 2.75) is 0 Å². The van der Waals surface area contributed by atoms with Crippen LogP contribution < -0.4 is 0 Å². The number of rotatable bonds is 5. The van der Waals surface area contributed by atoms with Crippen LogP contribution in [0.5, 0.6) is 0 Å². The second-order valence-electron chi connectivity index (χ2n) is 14.3. The van der Waals surface area contributed by atoms with Crippen molar-refractivity contribution in [1.82, 2.24) is 4.98 Å². The third-order valence-corrected chi connectivity index (χ3v) is 12.3. The Bertz CT molecular complexity index is 3160. The van der Waals surface area contributed by atoms with Gasteiger partial charge >= 0.3 is 0 Å². The standard InChI is InChI=1S/C53H33NS/c1-2-10-34(11-3-1)35-22-24-39(25-23-35)51-43-14-6-8-16-45(43)52(46-17-9-7-15-44(46)51)48-29-26-41(33-54-48)37-20-18-36(19-21-37)40-28-30-49-47(32-40)53-42-13-5-4-12-38(42)27-31-50(53)55-49/h1-33H. The molecule has 0 spiro atoms. The van der Waals surface area contributed by atoms with Gasteiger partial charge in [0, 0.05) is 37.5 Å². The van der Waals surface area contributed by atoms with E-state index in [2.05, 4.69) is 194 Å². The summed E-state index contributed by atoms with van der Waals surface area (Å²) in [7, 11) is 0. The Hall–Kier alpha value is -6.87. The maximum atomic E-state index is 5.14. The van der Waals surface area contributed by atoms with E-state index in [1.54, 1.807) is 0 Å². The molecule has 0 aliphatic rings. The minimum Gasteiger partial charge on any atom is -0.256 e. The smallest absolute Gasteiger partial charge is 0.0714 e. The fraction of sp³-hybridized carbons (Fsp3) is 0. The molecule has 0 aliphatic carbocycles. The van der Waals surface area contributed by atoms with E-state index >= 15 is 0 Å². The number of hydrogen-bond acceptors (Lipinski definition) is 2. The van der Waals surface area contributed by atoms with Gasteiger partial charge in [0.15, 0.2) is 0 Å². The van der Waals surface area contributed by atoms with E-state index in [1.165, 1.54) is 91.4 Å². The monoisotopic (exact) mass is 715 g/mol. The summed E-state index contributed by atoms with van der Waals surface area (Å²) >= 11 is 1.87. The molecule has 0 radical (unpaired) electrons. The number of aromatic nitrogens is 1. The Kier molecular flexibility index (Phi) is 7.43. The highest BCUT2D eigenvalue weighted by Crippen LogP contribution is 2.44. The quantitative estimate of drug-likeness (QED) is 0.162. The fourth-order valence-corrected chi connectivity index (χ4v) is 9.57. The number of pyridine rings is 1. The van der Waals surface area contributed by atoms with Crippen molar-refractivity contribution >= 4 is 63.8 Å². The van der Waals surface area contributed by atoms with Crippen molar-refractivity contribution in [3.05, 3.63) is 200 Å². The summed E-state index contributed by atoms with van der Waals surface area (Å²) in [5.74, 6) is 0. The largest absolute Gasteiger partial charge is 0.256 e. The lowest BCUT2D eigenvalue weighted by Gasteiger charge is -2.17. The lowest BCUT2D eigenvalue weighted by Crippen LogP contribution is -1.92. The van der Waals surface area contributed by atoms with Crippen LogP contribution in [0.2, 0.25) is 0 Å². The molecule has 0 aliphatic heterocycles. The normalized spacial score (nSPS) is 11.6. The summed E-state index contributed by atoms with van der Waals surface area (Å²) in [6.45, 7) is 0. The Morgan fingerprint density at radius 2 is 0.800 bits per heavy atom. The molecule has 1 nitrogen and oxygen atoms in total. The zero-order chi connectivity index (χ0) is 36.3. The van der Waals surface area contributed by atoms with Crippen molar-refractivity contribution < 1.29 is 0 Å². The fourth-order valence-electron chi connectivity index (χ4n) is 8.47. The van der Waals surface area contributed by atoms with Gasteiger partial charge in [0.05, 0.1) is 5.69 Å². The van der Waals surface area contributed by atoms with Gasteiger partial charge in [-0.2, -0.15) is 0 Å². The molecule has 0 fully saturated rings. The highest BCUT2D eigenvalue weighted by Gasteiger charge is 2.18. The van der Waals surface area contributed by atoms with Crippen LogP contribution in [0, 0.1) is 0 Å². The van der Waals surface area contributed by atoms with E-state index in [0.29, 0.717) is 0 Å². The Balaban J connectivity index is 0.949. The molecule has 0 amide bonds. The first-order valence-electron chi connectivity index (χ1n) is 18.8. The average molecular weight is 716 g/mol. The summed E-state index contributed by atoms with van der Waals surface area (Å²) in [6, 6.07) is 70.6. The Morgan fingerprint density at radius 1 is 0.309 bits per heavy atom. The molecule has 2 aromatic heterocycles. The number of thiophene rings is 1. The summed E-state index contributed by atoms with van der Waals surface area (Å²) in [4.78, 5) is 5.14. The molecule has 2 heterocycles. The van der Waals surface area contributed by atoms with Gasteiger partial charge in [-0.25, -0.2) is 0 Å². The molecule has 0 N–H and O–H groups in total. The first kappa shape index (κ1) is 31.6. The van der Waals surface area contributed by atoms with Crippen LogP contribution in [0.4, 0.5) is 0 Å². The van der Waals surface area contributed by atoms with Crippen molar-refractivity contribution in [3.8, 4) is 55.8 Å². The minimum absolute atomic E-state index is 0.975. The van der Waals surface area contributed by atoms with Crippen LogP contribution in [0.1, 0.15) is 0 Å². The molecule has 0 atom stereocenters. The molecule has 11 rings (SSSR count). The second-order valence-corrected chi connectivity index (χ2v) is 15.4. The zero-order valence-corrected chi connectivity index (χ0v) is 30.7. The van der Waals surface area contributed by atoms with Gasteiger partial charge in [-0.3, -0.25) is 4.98 Å². The maximum Gasteiger partial charge on any atom is 0.0714 e. The number of benzene rings is 9. The minimum atomic E-state index is 0.975.